The molecule has 0 saturated heterocycles. The number of hydrogen-bond acceptors (Lipinski definition) is 4. The number of carbonyl (C=O) groups excluding carboxylic acids is 2. The molecule has 0 spiro atoms. The van der Waals surface area contributed by atoms with E-state index in [1.165, 1.54) is 5.56 Å². The van der Waals surface area contributed by atoms with Crippen molar-refractivity contribution in [1.82, 2.24) is 0 Å². The number of anilines is 1. The van der Waals surface area contributed by atoms with E-state index < -0.39 is 0 Å². The number of rotatable bonds is 7. The Labute approximate surface area is 146 Å². The maximum Gasteiger partial charge on any atom is 0.307 e. The number of carbonyl (C=O) groups is 2. The Hall–Kier alpha value is -2.27. The predicted molar refractivity (Wildman–Crippen MR) is 97.3 cm³/mol. The molecule has 0 aliphatic rings. The van der Waals surface area contributed by atoms with Crippen LogP contribution < -0.4 is 5.32 Å². The highest BCUT2D eigenvalue weighted by Crippen LogP contribution is 2.19. The average Bonchev–Trinajstić information content (AvgIpc) is 2.57. The normalized spacial score (nSPS) is 10.2. The van der Waals surface area contributed by atoms with Crippen LogP contribution in [-0.4, -0.2) is 24.2 Å². The van der Waals surface area contributed by atoms with Gasteiger partial charge in [0.15, 0.2) is 6.61 Å². The Kier molecular flexibility index (Phi) is 6.88. The Morgan fingerprint density at radius 1 is 1.04 bits per heavy atom. The summed E-state index contributed by atoms with van der Waals surface area (Å²) in [6.45, 7) is 3.68. The molecule has 24 heavy (non-hydrogen) atoms. The van der Waals surface area contributed by atoms with Crippen molar-refractivity contribution in [2.24, 2.45) is 0 Å². The molecule has 2 aromatic rings. The molecule has 1 amide bonds. The molecule has 0 atom stereocenters. The van der Waals surface area contributed by atoms with Crippen LogP contribution in [0.5, 0.6) is 0 Å². The lowest BCUT2D eigenvalue weighted by Crippen LogP contribution is -2.21. The van der Waals surface area contributed by atoms with E-state index in [1.54, 1.807) is 11.8 Å². The molecule has 0 saturated carbocycles. The van der Waals surface area contributed by atoms with E-state index in [1.807, 2.05) is 62.4 Å². The Bertz CT molecular complexity index is 698. The van der Waals surface area contributed by atoms with Gasteiger partial charge in [0.25, 0.3) is 5.91 Å². The van der Waals surface area contributed by atoms with Gasteiger partial charge in [0.05, 0.1) is 6.42 Å². The maximum atomic E-state index is 11.8. The minimum absolute atomic E-state index is 0.262. The maximum absolute atomic E-state index is 11.8. The van der Waals surface area contributed by atoms with Crippen LogP contribution in [0.15, 0.2) is 53.4 Å². The molecule has 0 radical (unpaired) electrons. The second-order valence-electron chi connectivity index (χ2n) is 5.44. The van der Waals surface area contributed by atoms with Crippen LogP contribution in [0.25, 0.3) is 0 Å². The number of hydrogen-bond donors (Lipinski definition) is 1. The molecular weight excluding hydrogens is 322 g/mol. The van der Waals surface area contributed by atoms with Gasteiger partial charge in [0, 0.05) is 16.3 Å². The quantitative estimate of drug-likeness (QED) is 0.610. The topological polar surface area (TPSA) is 55.4 Å². The third-order valence-corrected chi connectivity index (χ3v) is 4.39. The zero-order valence-electron chi connectivity index (χ0n) is 13.9. The first-order valence-corrected chi connectivity index (χ1v) is 8.74. The number of amides is 1. The van der Waals surface area contributed by atoms with Crippen molar-refractivity contribution in [3.05, 3.63) is 59.7 Å². The van der Waals surface area contributed by atoms with E-state index >= 15 is 0 Å². The molecular formula is C19H21NO3S. The Balaban J connectivity index is 1.66. The summed E-state index contributed by atoms with van der Waals surface area (Å²) in [7, 11) is 0. The molecule has 0 aliphatic carbocycles. The molecule has 0 aliphatic heterocycles. The number of benzene rings is 2. The molecule has 126 valence electrons. The molecule has 0 fully saturated rings. The van der Waals surface area contributed by atoms with E-state index in [9.17, 15) is 9.59 Å². The standard InChI is InChI=1S/C19H21NO3S/c1-14-7-9-16(10-8-14)24-12-11-19(22)23-13-18(21)20-17-6-4-3-5-15(17)2/h3-10H,11-13H2,1-2H3,(H,20,21). The lowest BCUT2D eigenvalue weighted by atomic mass is 10.2. The van der Waals surface area contributed by atoms with Crippen molar-refractivity contribution in [3.63, 3.8) is 0 Å². The fourth-order valence-corrected chi connectivity index (χ4v) is 2.84. The van der Waals surface area contributed by atoms with Gasteiger partial charge in [-0.15, -0.1) is 11.8 Å². The van der Waals surface area contributed by atoms with Gasteiger partial charge >= 0.3 is 5.97 Å². The summed E-state index contributed by atoms with van der Waals surface area (Å²) < 4.78 is 5.01. The van der Waals surface area contributed by atoms with Gasteiger partial charge in [-0.25, -0.2) is 0 Å². The van der Waals surface area contributed by atoms with Crippen LogP contribution in [0.1, 0.15) is 17.5 Å². The summed E-state index contributed by atoms with van der Waals surface area (Å²) in [4.78, 5) is 24.6. The first-order valence-electron chi connectivity index (χ1n) is 7.75. The van der Waals surface area contributed by atoms with Gasteiger partial charge in [0.1, 0.15) is 0 Å². The number of aryl methyl sites for hydroxylation is 2. The molecule has 2 aromatic carbocycles. The Morgan fingerprint density at radius 2 is 1.75 bits per heavy atom. The highest BCUT2D eigenvalue weighted by atomic mass is 32.2. The van der Waals surface area contributed by atoms with Crippen LogP contribution >= 0.6 is 11.8 Å². The molecule has 4 nitrogen and oxygen atoms in total. The zero-order chi connectivity index (χ0) is 17.4. The van der Waals surface area contributed by atoms with Crippen LogP contribution in [0, 0.1) is 13.8 Å². The lowest BCUT2D eigenvalue weighted by molar-refractivity contribution is -0.146. The lowest BCUT2D eigenvalue weighted by Gasteiger charge is -2.08. The van der Waals surface area contributed by atoms with E-state index in [2.05, 4.69) is 5.32 Å². The molecule has 1 N–H and O–H groups in total. The highest BCUT2D eigenvalue weighted by molar-refractivity contribution is 7.99. The van der Waals surface area contributed by atoms with Gasteiger partial charge in [0.2, 0.25) is 0 Å². The molecule has 0 heterocycles. The number of nitrogens with one attached hydrogen (secondary N) is 1. The summed E-state index contributed by atoms with van der Waals surface area (Å²) in [6.07, 6.45) is 0.274. The van der Waals surface area contributed by atoms with Gasteiger partial charge in [-0.1, -0.05) is 35.9 Å². The molecule has 0 bridgehead atoms. The molecule has 5 heteroatoms. The third-order valence-electron chi connectivity index (χ3n) is 3.38. The van der Waals surface area contributed by atoms with E-state index in [-0.39, 0.29) is 24.9 Å². The first kappa shape index (κ1) is 18.1. The summed E-state index contributed by atoms with van der Waals surface area (Å²) in [5.74, 6) is -0.0696. The van der Waals surface area contributed by atoms with Crippen molar-refractivity contribution in [2.75, 3.05) is 17.7 Å². The largest absolute Gasteiger partial charge is 0.456 e. The van der Waals surface area contributed by atoms with Gasteiger partial charge in [-0.3, -0.25) is 9.59 Å². The predicted octanol–water partition coefficient (Wildman–Crippen LogP) is 3.97. The second kappa shape index (κ2) is 9.13. The highest BCUT2D eigenvalue weighted by Gasteiger charge is 2.09. The smallest absolute Gasteiger partial charge is 0.307 e. The fraction of sp³-hybridized carbons (Fsp3) is 0.263. The Morgan fingerprint density at radius 3 is 2.46 bits per heavy atom. The zero-order valence-corrected chi connectivity index (χ0v) is 14.7. The molecule has 0 unspecified atom stereocenters. The van der Waals surface area contributed by atoms with Crippen LogP contribution in [0.4, 0.5) is 5.69 Å². The van der Waals surface area contributed by atoms with Crippen molar-refractivity contribution in [2.45, 2.75) is 25.2 Å². The minimum atomic E-state index is -0.366. The third kappa shape index (κ3) is 6.08. The summed E-state index contributed by atoms with van der Waals surface area (Å²) in [5, 5.41) is 2.73. The monoisotopic (exact) mass is 343 g/mol. The fourth-order valence-electron chi connectivity index (χ4n) is 2.00. The van der Waals surface area contributed by atoms with Gasteiger partial charge < -0.3 is 10.1 Å². The van der Waals surface area contributed by atoms with E-state index in [0.29, 0.717) is 5.75 Å². The van der Waals surface area contributed by atoms with E-state index in [4.69, 9.17) is 4.74 Å². The molecule has 2 rings (SSSR count). The van der Waals surface area contributed by atoms with Crippen LogP contribution in [0.2, 0.25) is 0 Å². The van der Waals surface area contributed by atoms with Crippen molar-refractivity contribution < 1.29 is 14.3 Å². The van der Waals surface area contributed by atoms with Crippen LogP contribution in [0.3, 0.4) is 0 Å². The number of ether oxygens (including phenoxy) is 1. The SMILES string of the molecule is Cc1ccc(SCCC(=O)OCC(=O)Nc2ccccc2C)cc1. The molecule has 0 aromatic heterocycles. The number of thioether (sulfide) groups is 1. The van der Waals surface area contributed by atoms with Crippen molar-refractivity contribution in [1.29, 1.82) is 0 Å². The van der Waals surface area contributed by atoms with E-state index in [0.717, 1.165) is 16.1 Å². The van der Waals surface area contributed by atoms with Gasteiger partial charge in [-0.05, 0) is 37.6 Å². The summed E-state index contributed by atoms with van der Waals surface area (Å²) >= 11 is 1.59. The minimum Gasteiger partial charge on any atom is -0.456 e. The van der Waals surface area contributed by atoms with Crippen LogP contribution in [-0.2, 0) is 14.3 Å². The number of esters is 1. The van der Waals surface area contributed by atoms with Crippen molar-refractivity contribution >= 4 is 29.3 Å². The van der Waals surface area contributed by atoms with Gasteiger partial charge in [-0.2, -0.15) is 0 Å². The first-order chi connectivity index (χ1) is 11.5. The van der Waals surface area contributed by atoms with Crippen molar-refractivity contribution in [3.8, 4) is 0 Å². The summed E-state index contributed by atoms with van der Waals surface area (Å²) in [5.41, 5.74) is 2.90. The number of para-hydroxylation sites is 1. The summed E-state index contributed by atoms with van der Waals surface area (Å²) in [6, 6.07) is 15.6. The second-order valence-corrected chi connectivity index (χ2v) is 6.60. The average molecular weight is 343 g/mol.